The van der Waals surface area contributed by atoms with E-state index in [2.05, 4.69) is 41.2 Å². The second kappa shape index (κ2) is 7.63. The maximum atomic E-state index is 12.1. The fourth-order valence-corrected chi connectivity index (χ4v) is 3.62. The molecule has 0 atom stereocenters. The van der Waals surface area contributed by atoms with Crippen molar-refractivity contribution in [1.82, 2.24) is 14.1 Å². The van der Waals surface area contributed by atoms with Crippen molar-refractivity contribution in [3.05, 3.63) is 64.2 Å². The third kappa shape index (κ3) is 4.24. The number of rotatable bonds is 5. The monoisotopic (exact) mass is 358 g/mol. The van der Waals surface area contributed by atoms with Crippen molar-refractivity contribution in [2.24, 2.45) is 12.0 Å². The summed E-state index contributed by atoms with van der Waals surface area (Å²) in [7, 11) is 1.91. The molecule has 0 aliphatic rings. The van der Waals surface area contributed by atoms with Gasteiger partial charge in [-0.2, -0.15) is 4.99 Å². The Bertz CT molecular complexity index is 890. The van der Waals surface area contributed by atoms with Crippen LogP contribution in [0.4, 0.5) is 0 Å². The molecule has 0 bridgehead atoms. The lowest BCUT2D eigenvalue weighted by Gasteiger charge is -2.04. The van der Waals surface area contributed by atoms with Gasteiger partial charge in [0.05, 0.1) is 5.75 Å². The maximum Gasteiger partial charge on any atom is 0.258 e. The van der Waals surface area contributed by atoms with E-state index in [1.54, 1.807) is 6.20 Å². The number of thiazole rings is 1. The number of aromatic nitrogens is 3. The molecule has 0 N–H and O–H groups in total. The van der Waals surface area contributed by atoms with Crippen LogP contribution in [0.15, 0.2) is 58.4 Å². The van der Waals surface area contributed by atoms with Crippen molar-refractivity contribution in [1.29, 1.82) is 0 Å². The van der Waals surface area contributed by atoms with Gasteiger partial charge in [-0.1, -0.05) is 41.6 Å². The molecule has 0 saturated heterocycles. The number of hydrogen-bond acceptors (Lipinski definition) is 4. The molecule has 0 aliphatic carbocycles. The molecule has 7 heteroatoms. The molecule has 0 fully saturated rings. The first kappa shape index (κ1) is 16.7. The Morgan fingerprint density at radius 3 is 2.79 bits per heavy atom. The molecule has 0 aliphatic heterocycles. The van der Waals surface area contributed by atoms with Gasteiger partial charge in [-0.25, -0.2) is 4.98 Å². The van der Waals surface area contributed by atoms with Crippen molar-refractivity contribution in [3.63, 3.8) is 0 Å². The number of amides is 1. The minimum atomic E-state index is -0.150. The summed E-state index contributed by atoms with van der Waals surface area (Å²) in [6, 6.07) is 8.38. The zero-order valence-electron chi connectivity index (χ0n) is 13.5. The zero-order chi connectivity index (χ0) is 16.9. The van der Waals surface area contributed by atoms with Crippen molar-refractivity contribution >= 4 is 29.0 Å². The van der Waals surface area contributed by atoms with E-state index in [9.17, 15) is 4.79 Å². The molecular weight excluding hydrogens is 340 g/mol. The summed E-state index contributed by atoms with van der Waals surface area (Å²) in [4.78, 5) is 21.3. The van der Waals surface area contributed by atoms with Gasteiger partial charge in [-0.3, -0.25) is 4.79 Å². The number of thioether (sulfide) groups is 1. The lowest BCUT2D eigenvalue weighted by Crippen LogP contribution is -2.17. The van der Waals surface area contributed by atoms with Gasteiger partial charge in [-0.15, -0.1) is 11.3 Å². The fourth-order valence-electron chi connectivity index (χ4n) is 2.15. The third-order valence-electron chi connectivity index (χ3n) is 3.46. The molecule has 2 heterocycles. The van der Waals surface area contributed by atoms with Crippen LogP contribution in [0.3, 0.4) is 0 Å². The highest BCUT2D eigenvalue weighted by molar-refractivity contribution is 7.99. The van der Waals surface area contributed by atoms with Crippen LogP contribution in [0.25, 0.3) is 0 Å². The Balaban J connectivity index is 1.69. The molecule has 0 unspecified atom stereocenters. The minimum Gasteiger partial charge on any atom is -0.329 e. The first-order valence-corrected chi connectivity index (χ1v) is 9.35. The molecule has 1 amide bonds. The van der Waals surface area contributed by atoms with Gasteiger partial charge in [0, 0.05) is 37.6 Å². The molecular formula is C17H18N4OS2. The summed E-state index contributed by atoms with van der Waals surface area (Å²) in [5.74, 6) is 0.135. The van der Waals surface area contributed by atoms with Crippen LogP contribution in [0.5, 0.6) is 0 Å². The van der Waals surface area contributed by atoms with E-state index >= 15 is 0 Å². The Hall–Kier alpha value is -2.12. The van der Waals surface area contributed by atoms with Gasteiger partial charge < -0.3 is 9.13 Å². The van der Waals surface area contributed by atoms with Gasteiger partial charge in [0.2, 0.25) is 0 Å². The summed E-state index contributed by atoms with van der Waals surface area (Å²) in [5.41, 5.74) is 2.43. The van der Waals surface area contributed by atoms with Crippen LogP contribution >= 0.6 is 23.1 Å². The summed E-state index contributed by atoms with van der Waals surface area (Å²) in [6.07, 6.45) is 5.54. The van der Waals surface area contributed by atoms with Gasteiger partial charge in [0.1, 0.15) is 0 Å². The molecule has 24 heavy (non-hydrogen) atoms. The molecule has 0 radical (unpaired) electrons. The minimum absolute atomic E-state index is 0.150. The average Bonchev–Trinajstić information content (AvgIpc) is 3.17. The normalized spacial score (nSPS) is 11.8. The highest BCUT2D eigenvalue weighted by Crippen LogP contribution is 2.14. The molecule has 0 saturated carbocycles. The second-order valence-corrected chi connectivity index (χ2v) is 7.23. The van der Waals surface area contributed by atoms with Crippen LogP contribution in [-0.2, 0) is 18.4 Å². The Labute approximate surface area is 148 Å². The van der Waals surface area contributed by atoms with E-state index in [0.717, 1.165) is 9.96 Å². The van der Waals surface area contributed by atoms with Gasteiger partial charge in [-0.05, 0) is 12.5 Å². The molecule has 3 aromatic rings. The summed E-state index contributed by atoms with van der Waals surface area (Å²) >= 11 is 2.87. The number of benzene rings is 1. The first-order chi connectivity index (χ1) is 11.6. The number of carbonyl (C=O) groups is 1. The highest BCUT2D eigenvalue weighted by atomic mass is 32.2. The molecule has 1 aromatic carbocycles. The van der Waals surface area contributed by atoms with Gasteiger partial charge in [0.15, 0.2) is 9.96 Å². The molecule has 0 spiro atoms. The van der Waals surface area contributed by atoms with Gasteiger partial charge >= 0.3 is 0 Å². The predicted molar refractivity (Wildman–Crippen MR) is 97.1 cm³/mol. The van der Waals surface area contributed by atoms with E-state index in [4.69, 9.17) is 0 Å². The number of hydrogen-bond donors (Lipinski definition) is 0. The highest BCUT2D eigenvalue weighted by Gasteiger charge is 2.06. The average molecular weight is 358 g/mol. The third-order valence-corrected chi connectivity index (χ3v) is 5.29. The fraction of sp³-hybridized carbons (Fsp3) is 0.235. The Kier molecular flexibility index (Phi) is 5.32. The van der Waals surface area contributed by atoms with Crippen LogP contribution < -0.4 is 4.80 Å². The van der Waals surface area contributed by atoms with Crippen LogP contribution in [0, 0.1) is 6.92 Å². The molecule has 3 rings (SSSR count). The number of aryl methyl sites for hydroxylation is 2. The Morgan fingerprint density at radius 1 is 1.29 bits per heavy atom. The largest absolute Gasteiger partial charge is 0.329 e. The lowest BCUT2D eigenvalue weighted by atomic mass is 10.1. The SMILES string of the molecule is Cc1ccc(Cn2ccsc2=NC(=O)CSc2nccn2C)cc1. The zero-order valence-corrected chi connectivity index (χ0v) is 15.2. The van der Waals surface area contributed by atoms with Crippen LogP contribution in [0.2, 0.25) is 0 Å². The molecule has 5 nitrogen and oxygen atoms in total. The van der Waals surface area contributed by atoms with E-state index < -0.39 is 0 Å². The Morgan fingerprint density at radius 2 is 2.08 bits per heavy atom. The summed E-state index contributed by atoms with van der Waals surface area (Å²) < 4.78 is 3.89. The number of carbonyl (C=O) groups excluding carboxylic acids is 1. The molecule has 2 aromatic heterocycles. The second-order valence-electron chi connectivity index (χ2n) is 5.41. The topological polar surface area (TPSA) is 52.2 Å². The predicted octanol–water partition coefficient (Wildman–Crippen LogP) is 2.86. The standard InChI is InChI=1S/C17H18N4OS2/c1-13-3-5-14(6-4-13)11-21-9-10-23-17(21)19-15(22)12-24-16-18-7-8-20(16)2/h3-10H,11-12H2,1-2H3. The number of imidazole rings is 1. The van der Waals surface area contributed by atoms with Crippen LogP contribution in [-0.4, -0.2) is 25.8 Å². The van der Waals surface area contributed by atoms with E-state index in [-0.39, 0.29) is 11.7 Å². The summed E-state index contributed by atoms with van der Waals surface area (Å²) in [5, 5.41) is 2.77. The van der Waals surface area contributed by atoms with Crippen molar-refractivity contribution in [2.45, 2.75) is 18.6 Å². The van der Waals surface area contributed by atoms with Crippen molar-refractivity contribution < 1.29 is 4.79 Å². The van der Waals surface area contributed by atoms with Crippen molar-refractivity contribution in [2.75, 3.05) is 5.75 Å². The van der Waals surface area contributed by atoms with E-state index in [0.29, 0.717) is 6.54 Å². The maximum absolute atomic E-state index is 12.1. The smallest absolute Gasteiger partial charge is 0.258 e. The lowest BCUT2D eigenvalue weighted by molar-refractivity contribution is -0.115. The summed E-state index contributed by atoms with van der Waals surface area (Å²) in [6.45, 7) is 2.78. The van der Waals surface area contributed by atoms with E-state index in [1.807, 2.05) is 34.0 Å². The van der Waals surface area contributed by atoms with E-state index in [1.165, 1.54) is 34.2 Å². The van der Waals surface area contributed by atoms with Gasteiger partial charge in [0.25, 0.3) is 5.91 Å². The molecule has 124 valence electrons. The van der Waals surface area contributed by atoms with Crippen molar-refractivity contribution in [3.8, 4) is 0 Å². The quantitative estimate of drug-likeness (QED) is 0.659. The number of nitrogens with zero attached hydrogens (tertiary/aromatic N) is 4. The first-order valence-electron chi connectivity index (χ1n) is 7.49. The van der Waals surface area contributed by atoms with Crippen LogP contribution in [0.1, 0.15) is 11.1 Å².